The zero-order valence-corrected chi connectivity index (χ0v) is 21.7. The highest BCUT2D eigenvalue weighted by Gasteiger charge is 2.46. The van der Waals surface area contributed by atoms with Crippen LogP contribution in [0.5, 0.6) is 0 Å². The van der Waals surface area contributed by atoms with E-state index in [0.29, 0.717) is 24.2 Å². The molecule has 2 unspecified atom stereocenters. The second-order valence-corrected chi connectivity index (χ2v) is 9.17. The summed E-state index contributed by atoms with van der Waals surface area (Å²) < 4.78 is 11.1. The fraction of sp³-hybridized carbons (Fsp3) is 0.414. The van der Waals surface area contributed by atoms with E-state index in [-0.39, 0.29) is 6.61 Å². The zero-order chi connectivity index (χ0) is 27.0. The van der Waals surface area contributed by atoms with E-state index in [1.54, 1.807) is 31.2 Å². The number of carbonyl (C=O) groups excluding carboxylic acids is 3. The van der Waals surface area contributed by atoms with Crippen LogP contribution in [0.1, 0.15) is 66.3 Å². The minimum absolute atomic E-state index is 0.314. The molecule has 1 heterocycles. The number of carbonyl (C=O) groups is 3. The summed E-state index contributed by atoms with van der Waals surface area (Å²) in [6, 6.07) is 14.0. The van der Waals surface area contributed by atoms with E-state index in [1.165, 1.54) is 21.0 Å². The van der Waals surface area contributed by atoms with Gasteiger partial charge >= 0.3 is 0 Å². The zero-order valence-electron chi connectivity index (χ0n) is 21.7. The number of aliphatic hydroxyl groups excluding tert-OH is 1. The monoisotopic (exact) mass is 506 g/mol. The van der Waals surface area contributed by atoms with Gasteiger partial charge < -0.3 is 24.8 Å². The third kappa shape index (κ3) is 6.83. The Balaban J connectivity index is 1.71. The van der Waals surface area contributed by atoms with Crippen LogP contribution in [0.4, 0.5) is 0 Å². The van der Waals surface area contributed by atoms with Gasteiger partial charge in [0.1, 0.15) is 6.61 Å². The number of likely N-dealkylation sites (N-methyl/N-ethyl adjacent to an activating group) is 2. The molecule has 8 heteroatoms. The molecule has 0 radical (unpaired) electrons. The van der Waals surface area contributed by atoms with Crippen LogP contribution < -0.4 is 5.32 Å². The van der Waals surface area contributed by atoms with E-state index in [2.05, 4.69) is 17.2 Å². The van der Waals surface area contributed by atoms with Gasteiger partial charge in [-0.25, -0.2) is 0 Å². The Kier molecular flexibility index (Phi) is 9.59. The number of hydrogen-bond donors (Lipinski definition) is 2. The molecule has 1 aliphatic heterocycles. The Morgan fingerprint density at radius 3 is 2.22 bits per heavy atom. The van der Waals surface area contributed by atoms with Crippen molar-refractivity contribution >= 4 is 17.6 Å². The highest BCUT2D eigenvalue weighted by Crippen LogP contribution is 2.21. The van der Waals surface area contributed by atoms with Gasteiger partial charge in [-0.3, -0.25) is 14.4 Å². The van der Waals surface area contributed by atoms with Gasteiger partial charge in [-0.1, -0.05) is 24.0 Å². The van der Waals surface area contributed by atoms with Gasteiger partial charge in [-0.05, 0) is 75.1 Å². The van der Waals surface area contributed by atoms with Gasteiger partial charge in [0.25, 0.3) is 11.8 Å². The highest BCUT2D eigenvalue weighted by molar-refractivity contribution is 6.14. The second-order valence-electron chi connectivity index (χ2n) is 9.17. The van der Waals surface area contributed by atoms with Crippen LogP contribution in [0.3, 0.4) is 0 Å². The van der Waals surface area contributed by atoms with E-state index < -0.39 is 35.5 Å². The van der Waals surface area contributed by atoms with E-state index in [0.717, 1.165) is 28.9 Å². The average Bonchev–Trinajstić information content (AvgIpc) is 2.94. The molecule has 0 aromatic heterocycles. The maximum absolute atomic E-state index is 13.3. The first-order chi connectivity index (χ1) is 17.7. The highest BCUT2D eigenvalue weighted by atomic mass is 16.7. The summed E-state index contributed by atoms with van der Waals surface area (Å²) in [5, 5.41) is 12.1. The number of ether oxygens (including phenoxy) is 2. The Morgan fingerprint density at radius 1 is 1.11 bits per heavy atom. The number of rotatable bonds is 8. The topological polar surface area (TPSA) is 105 Å². The molecule has 2 aromatic rings. The molecule has 1 saturated heterocycles. The SMILES string of the molecule is CNC(=O)[C@@](C)(C(=O)COC1CCCCO1)N(C)C(=O)c1ccc(C#Cc2ccc(C(C)O)cc2)cc1. The number of aliphatic hydroxyl groups is 1. The molecule has 0 saturated carbocycles. The molecule has 196 valence electrons. The predicted octanol–water partition coefficient (Wildman–Crippen LogP) is 2.83. The lowest BCUT2D eigenvalue weighted by Crippen LogP contribution is -2.62. The van der Waals surface area contributed by atoms with Crippen LogP contribution in [0.25, 0.3) is 0 Å². The molecule has 0 spiro atoms. The molecule has 1 aliphatic rings. The predicted molar refractivity (Wildman–Crippen MR) is 139 cm³/mol. The van der Waals surface area contributed by atoms with Crippen molar-refractivity contribution in [3.8, 4) is 11.8 Å². The van der Waals surface area contributed by atoms with Crippen molar-refractivity contribution in [1.29, 1.82) is 0 Å². The van der Waals surface area contributed by atoms with Crippen molar-refractivity contribution in [2.75, 3.05) is 27.3 Å². The standard InChI is InChI=1S/C29H34N2O6/c1-20(32)23-14-10-21(11-15-23)8-9-22-12-16-24(17-13-22)27(34)31(4)29(2,28(35)30-3)25(33)19-37-26-7-5-6-18-36-26/h10-17,20,26,32H,5-7,18-19H2,1-4H3,(H,30,35)/t20?,26?,29-/m1/s1. The van der Waals surface area contributed by atoms with Crippen molar-refractivity contribution in [2.45, 2.75) is 51.0 Å². The third-order valence-electron chi connectivity index (χ3n) is 6.60. The van der Waals surface area contributed by atoms with Crippen LogP contribution in [0, 0.1) is 11.8 Å². The summed E-state index contributed by atoms with van der Waals surface area (Å²) in [6.45, 7) is 3.34. The van der Waals surface area contributed by atoms with E-state index in [9.17, 15) is 19.5 Å². The molecule has 2 N–H and O–H groups in total. The lowest BCUT2D eigenvalue weighted by molar-refractivity contribution is -0.174. The molecule has 8 nitrogen and oxygen atoms in total. The molecule has 2 aromatic carbocycles. The minimum Gasteiger partial charge on any atom is -0.389 e. The summed E-state index contributed by atoms with van der Waals surface area (Å²) in [5.74, 6) is 4.47. The third-order valence-corrected chi connectivity index (χ3v) is 6.60. The summed E-state index contributed by atoms with van der Waals surface area (Å²) >= 11 is 0. The Morgan fingerprint density at radius 2 is 1.70 bits per heavy atom. The summed E-state index contributed by atoms with van der Waals surface area (Å²) in [5.41, 5.74) is 0.856. The van der Waals surface area contributed by atoms with Gasteiger partial charge in [0, 0.05) is 37.4 Å². The number of Topliss-reactive ketones (excluding diaryl/α,β-unsaturated/α-hetero) is 1. The van der Waals surface area contributed by atoms with Gasteiger partial charge in [0.15, 0.2) is 17.6 Å². The first kappa shape index (κ1) is 28.1. The lowest BCUT2D eigenvalue weighted by Gasteiger charge is -2.36. The van der Waals surface area contributed by atoms with Gasteiger partial charge in [0.2, 0.25) is 0 Å². The Hall–Kier alpha value is -3.51. The Bertz CT molecular complexity index is 1160. The maximum Gasteiger partial charge on any atom is 0.254 e. The molecule has 1 fully saturated rings. The molecule has 3 atom stereocenters. The molecule has 37 heavy (non-hydrogen) atoms. The summed E-state index contributed by atoms with van der Waals surface area (Å²) in [7, 11) is 2.85. The maximum atomic E-state index is 13.3. The van der Waals surface area contributed by atoms with Gasteiger partial charge in [-0.2, -0.15) is 0 Å². The van der Waals surface area contributed by atoms with Gasteiger partial charge in [-0.15, -0.1) is 0 Å². The number of hydrogen-bond acceptors (Lipinski definition) is 6. The second kappa shape index (κ2) is 12.6. The first-order valence-electron chi connectivity index (χ1n) is 12.3. The molecular formula is C29H34N2O6. The average molecular weight is 507 g/mol. The van der Waals surface area contributed by atoms with Crippen molar-refractivity contribution in [1.82, 2.24) is 10.2 Å². The lowest BCUT2D eigenvalue weighted by atomic mass is 9.92. The largest absolute Gasteiger partial charge is 0.389 e. The first-order valence-corrected chi connectivity index (χ1v) is 12.3. The van der Waals surface area contributed by atoms with Gasteiger partial charge in [0.05, 0.1) is 6.10 Å². The van der Waals surface area contributed by atoms with Crippen molar-refractivity contribution in [2.24, 2.45) is 0 Å². The molecule has 0 aliphatic carbocycles. The number of benzene rings is 2. The van der Waals surface area contributed by atoms with Crippen LogP contribution in [-0.2, 0) is 19.1 Å². The van der Waals surface area contributed by atoms with Crippen LogP contribution in [-0.4, -0.2) is 66.7 Å². The molecular weight excluding hydrogens is 472 g/mol. The summed E-state index contributed by atoms with van der Waals surface area (Å²) in [4.78, 5) is 40.4. The van der Waals surface area contributed by atoms with Crippen molar-refractivity contribution < 1.29 is 29.0 Å². The number of nitrogens with zero attached hydrogens (tertiary/aromatic N) is 1. The van der Waals surface area contributed by atoms with Crippen molar-refractivity contribution in [3.63, 3.8) is 0 Å². The number of ketones is 1. The minimum atomic E-state index is -1.77. The summed E-state index contributed by atoms with van der Waals surface area (Å²) in [6.07, 6.45) is 1.55. The number of nitrogens with one attached hydrogen (secondary N) is 1. The van der Waals surface area contributed by atoms with Crippen LogP contribution >= 0.6 is 0 Å². The molecule has 3 rings (SSSR count). The van der Waals surface area contributed by atoms with E-state index in [4.69, 9.17) is 9.47 Å². The fourth-order valence-corrected chi connectivity index (χ4v) is 3.94. The van der Waals surface area contributed by atoms with Crippen molar-refractivity contribution in [3.05, 3.63) is 70.8 Å². The Labute approximate surface area is 218 Å². The number of amides is 2. The quantitative estimate of drug-likeness (QED) is 0.421. The van der Waals surface area contributed by atoms with E-state index in [1.807, 2.05) is 24.3 Å². The van der Waals surface area contributed by atoms with Crippen LogP contribution in [0.15, 0.2) is 48.5 Å². The smallest absolute Gasteiger partial charge is 0.254 e. The fourth-order valence-electron chi connectivity index (χ4n) is 3.94. The van der Waals surface area contributed by atoms with Crippen LogP contribution in [0.2, 0.25) is 0 Å². The van der Waals surface area contributed by atoms with E-state index >= 15 is 0 Å². The molecule has 2 amide bonds. The molecule has 0 bridgehead atoms. The normalized spacial score (nSPS) is 17.5.